The Morgan fingerprint density at radius 3 is 2.52 bits per heavy atom. The van der Waals surface area contributed by atoms with Crippen molar-refractivity contribution >= 4 is 10.9 Å². The van der Waals surface area contributed by atoms with Crippen LogP contribution in [0.3, 0.4) is 0 Å². The summed E-state index contributed by atoms with van der Waals surface area (Å²) in [5.41, 5.74) is 4.47. The summed E-state index contributed by atoms with van der Waals surface area (Å²) in [6, 6.07) is 8.84. The minimum Gasteiger partial charge on any atom is -0.358 e. The van der Waals surface area contributed by atoms with Crippen LogP contribution < -0.4 is 0 Å². The van der Waals surface area contributed by atoms with Gasteiger partial charge in [-0.05, 0) is 36.8 Å². The minimum absolute atomic E-state index is 0.918. The Kier molecular flexibility index (Phi) is 6.19. The van der Waals surface area contributed by atoms with E-state index in [9.17, 15) is 0 Å². The maximum absolute atomic E-state index is 3.64. The maximum Gasteiger partial charge on any atom is 0.0458 e. The fourth-order valence-corrected chi connectivity index (χ4v) is 4.25. The van der Waals surface area contributed by atoms with Crippen LogP contribution in [0.1, 0.15) is 82.4 Å². The number of nitrogens with one attached hydrogen (secondary N) is 1. The van der Waals surface area contributed by atoms with E-state index in [1.165, 1.54) is 93.6 Å². The van der Waals surface area contributed by atoms with E-state index in [2.05, 4.69) is 36.2 Å². The van der Waals surface area contributed by atoms with Gasteiger partial charge in [-0.2, -0.15) is 0 Å². The molecule has 0 saturated heterocycles. The van der Waals surface area contributed by atoms with Gasteiger partial charge in [0, 0.05) is 16.6 Å². The highest BCUT2D eigenvalue weighted by molar-refractivity contribution is 5.84. The van der Waals surface area contributed by atoms with E-state index in [1.807, 2.05) is 0 Å². The lowest BCUT2D eigenvalue weighted by atomic mass is 9.83. The summed E-state index contributed by atoms with van der Waals surface area (Å²) in [6.45, 7) is 2.29. The van der Waals surface area contributed by atoms with Crippen molar-refractivity contribution < 1.29 is 0 Å². The molecular formula is C22H33N. The van der Waals surface area contributed by atoms with Crippen molar-refractivity contribution in [1.29, 1.82) is 0 Å². The van der Waals surface area contributed by atoms with E-state index in [1.54, 1.807) is 5.56 Å². The van der Waals surface area contributed by atoms with Crippen LogP contribution in [0.5, 0.6) is 0 Å². The highest BCUT2D eigenvalue weighted by Crippen LogP contribution is 2.33. The quantitative estimate of drug-likeness (QED) is 0.490. The van der Waals surface area contributed by atoms with Crippen molar-refractivity contribution in [3.63, 3.8) is 0 Å². The number of para-hydroxylation sites is 1. The van der Waals surface area contributed by atoms with Crippen LogP contribution >= 0.6 is 0 Å². The number of hydrogen-bond acceptors (Lipinski definition) is 0. The summed E-state index contributed by atoms with van der Waals surface area (Å²) >= 11 is 0. The third-order valence-electron chi connectivity index (χ3n) is 5.66. The molecule has 1 atom stereocenters. The predicted octanol–water partition coefficient (Wildman–Crippen LogP) is 6.80. The van der Waals surface area contributed by atoms with Gasteiger partial charge < -0.3 is 4.98 Å². The molecule has 1 aliphatic carbocycles. The Morgan fingerprint density at radius 2 is 1.70 bits per heavy atom. The Balaban J connectivity index is 1.40. The molecule has 0 saturated carbocycles. The highest BCUT2D eigenvalue weighted by Gasteiger charge is 2.21. The summed E-state index contributed by atoms with van der Waals surface area (Å²) in [4.78, 5) is 3.64. The Bertz CT molecular complexity index is 595. The second kappa shape index (κ2) is 8.57. The molecule has 0 radical (unpaired) electrons. The number of hydrogen-bond donors (Lipinski definition) is 1. The van der Waals surface area contributed by atoms with Crippen molar-refractivity contribution in [3.05, 3.63) is 35.5 Å². The van der Waals surface area contributed by atoms with Crippen LogP contribution in [0.2, 0.25) is 0 Å². The molecule has 1 unspecified atom stereocenters. The fourth-order valence-electron chi connectivity index (χ4n) is 4.25. The Labute approximate surface area is 141 Å². The van der Waals surface area contributed by atoms with Gasteiger partial charge in [-0.3, -0.25) is 0 Å². The number of aromatic amines is 1. The fraction of sp³-hybridized carbons (Fsp3) is 0.636. The number of aromatic nitrogens is 1. The summed E-state index contributed by atoms with van der Waals surface area (Å²) in [6.07, 6.45) is 16.9. The molecule has 1 heteroatoms. The van der Waals surface area contributed by atoms with Crippen molar-refractivity contribution in [2.24, 2.45) is 5.92 Å². The largest absolute Gasteiger partial charge is 0.358 e. The molecule has 0 aliphatic heterocycles. The molecular weight excluding hydrogens is 278 g/mol. The van der Waals surface area contributed by atoms with Crippen LogP contribution in [0.4, 0.5) is 0 Å². The van der Waals surface area contributed by atoms with Gasteiger partial charge in [0.15, 0.2) is 0 Å². The van der Waals surface area contributed by atoms with Gasteiger partial charge in [0.1, 0.15) is 0 Å². The number of aryl methyl sites for hydroxylation is 1. The molecule has 0 bridgehead atoms. The second-order valence-electron chi connectivity index (χ2n) is 7.50. The average Bonchev–Trinajstić information content (AvgIpc) is 2.95. The van der Waals surface area contributed by atoms with E-state index < -0.39 is 0 Å². The first kappa shape index (κ1) is 16.6. The second-order valence-corrected chi connectivity index (χ2v) is 7.50. The minimum atomic E-state index is 0.918. The maximum atomic E-state index is 3.64. The zero-order chi connectivity index (χ0) is 15.9. The Hall–Kier alpha value is -1.24. The third kappa shape index (κ3) is 4.40. The van der Waals surface area contributed by atoms with Gasteiger partial charge in [0.2, 0.25) is 0 Å². The van der Waals surface area contributed by atoms with Crippen molar-refractivity contribution in [2.75, 3.05) is 0 Å². The van der Waals surface area contributed by atoms with Gasteiger partial charge in [-0.1, -0.05) is 82.9 Å². The monoisotopic (exact) mass is 311 g/mol. The first-order chi connectivity index (χ1) is 11.4. The van der Waals surface area contributed by atoms with Crippen molar-refractivity contribution in [2.45, 2.75) is 84.0 Å². The summed E-state index contributed by atoms with van der Waals surface area (Å²) in [5.74, 6) is 0.918. The zero-order valence-corrected chi connectivity index (χ0v) is 14.9. The highest BCUT2D eigenvalue weighted by atomic mass is 14.7. The average molecular weight is 312 g/mol. The van der Waals surface area contributed by atoms with Crippen molar-refractivity contribution in [1.82, 2.24) is 4.98 Å². The number of H-pyrrole nitrogens is 1. The van der Waals surface area contributed by atoms with Gasteiger partial charge in [0.25, 0.3) is 0 Å². The number of rotatable bonds is 9. The number of fused-ring (bicyclic) bond motifs is 3. The number of unbranched alkanes of at least 4 members (excludes halogenated alkanes) is 7. The summed E-state index contributed by atoms with van der Waals surface area (Å²) in [5, 5.41) is 1.48. The van der Waals surface area contributed by atoms with Crippen LogP contribution in [0.25, 0.3) is 10.9 Å². The molecule has 2 aromatic rings. The summed E-state index contributed by atoms with van der Waals surface area (Å²) < 4.78 is 0. The molecule has 1 aromatic carbocycles. The normalized spacial score (nSPS) is 17.5. The van der Waals surface area contributed by atoms with Crippen LogP contribution in [-0.4, -0.2) is 4.98 Å². The third-order valence-corrected chi connectivity index (χ3v) is 5.66. The van der Waals surface area contributed by atoms with E-state index in [-0.39, 0.29) is 0 Å². The first-order valence-electron chi connectivity index (χ1n) is 9.97. The molecule has 1 heterocycles. The molecule has 0 amide bonds. The molecule has 1 aromatic heterocycles. The molecule has 23 heavy (non-hydrogen) atoms. The van der Waals surface area contributed by atoms with Crippen LogP contribution in [0.15, 0.2) is 24.3 Å². The van der Waals surface area contributed by atoms with Gasteiger partial charge in [-0.15, -0.1) is 0 Å². The molecule has 0 fully saturated rings. The Morgan fingerprint density at radius 1 is 0.957 bits per heavy atom. The predicted molar refractivity (Wildman–Crippen MR) is 101 cm³/mol. The molecule has 3 rings (SSSR count). The molecule has 1 nitrogen and oxygen atoms in total. The molecule has 126 valence electrons. The van der Waals surface area contributed by atoms with Gasteiger partial charge in [0.05, 0.1) is 0 Å². The zero-order valence-electron chi connectivity index (χ0n) is 14.9. The van der Waals surface area contributed by atoms with Gasteiger partial charge >= 0.3 is 0 Å². The van der Waals surface area contributed by atoms with E-state index in [0.717, 1.165) is 5.92 Å². The van der Waals surface area contributed by atoms with Crippen molar-refractivity contribution in [3.8, 4) is 0 Å². The van der Waals surface area contributed by atoms with Crippen LogP contribution in [-0.2, 0) is 12.8 Å². The van der Waals surface area contributed by atoms with E-state index in [0.29, 0.717) is 0 Å². The standard InChI is InChI=1S/C22H33N/c1-2-3-4-5-6-7-8-9-12-18-15-16-22-20(17-18)19-13-10-11-14-21(19)23-22/h10-11,13-14,18,23H,2-9,12,15-17H2,1H3. The van der Waals surface area contributed by atoms with E-state index >= 15 is 0 Å². The van der Waals surface area contributed by atoms with E-state index in [4.69, 9.17) is 0 Å². The molecule has 1 N–H and O–H groups in total. The molecule has 0 spiro atoms. The number of benzene rings is 1. The smallest absolute Gasteiger partial charge is 0.0458 e. The lowest BCUT2D eigenvalue weighted by Crippen LogP contribution is -2.13. The molecule has 1 aliphatic rings. The topological polar surface area (TPSA) is 15.8 Å². The van der Waals surface area contributed by atoms with Crippen LogP contribution in [0, 0.1) is 5.92 Å². The SMILES string of the molecule is CCCCCCCCCCC1CCc2[nH]c3ccccc3c2C1. The lowest BCUT2D eigenvalue weighted by Gasteiger charge is -2.22. The summed E-state index contributed by atoms with van der Waals surface area (Å²) in [7, 11) is 0. The first-order valence-corrected chi connectivity index (χ1v) is 9.97. The lowest BCUT2D eigenvalue weighted by molar-refractivity contribution is 0.403. The van der Waals surface area contributed by atoms with Gasteiger partial charge in [-0.25, -0.2) is 0 Å².